The Labute approximate surface area is 158 Å². The highest BCUT2D eigenvalue weighted by molar-refractivity contribution is 5.92. The highest BCUT2D eigenvalue weighted by Gasteiger charge is 2.30. The predicted molar refractivity (Wildman–Crippen MR) is 100.0 cm³/mol. The molecule has 0 radical (unpaired) electrons. The molecule has 142 valence electrons. The number of rotatable bonds is 7. The first kappa shape index (κ1) is 17.7. The molecular formula is C20H25N5O2. The molecule has 1 unspecified atom stereocenters. The van der Waals surface area contributed by atoms with Crippen LogP contribution in [0.15, 0.2) is 36.5 Å². The van der Waals surface area contributed by atoms with Crippen LogP contribution >= 0.6 is 0 Å². The van der Waals surface area contributed by atoms with Crippen molar-refractivity contribution >= 4 is 11.8 Å². The normalized spacial score (nSPS) is 19.9. The maximum atomic E-state index is 12.3. The average Bonchev–Trinajstić information content (AvgIpc) is 3.24. The van der Waals surface area contributed by atoms with Gasteiger partial charge in [-0.15, -0.1) is 5.10 Å². The number of aromatic nitrogens is 3. The predicted octanol–water partition coefficient (Wildman–Crippen LogP) is 1.65. The minimum atomic E-state index is -0.155. The van der Waals surface area contributed by atoms with Crippen LogP contribution in [-0.4, -0.2) is 50.8 Å². The number of hydrogen-bond donors (Lipinski definition) is 1. The number of benzene rings is 1. The molecule has 1 aromatic heterocycles. The second-order valence-electron chi connectivity index (χ2n) is 7.57. The Bertz CT molecular complexity index is 800. The van der Waals surface area contributed by atoms with Gasteiger partial charge in [0.1, 0.15) is 0 Å². The van der Waals surface area contributed by atoms with E-state index in [9.17, 15) is 9.59 Å². The molecule has 2 aliphatic rings. The van der Waals surface area contributed by atoms with Gasteiger partial charge in [-0.25, -0.2) is 0 Å². The number of carbonyl (C=O) groups excluding carboxylic acids is 2. The van der Waals surface area contributed by atoms with E-state index in [0.717, 1.165) is 32.4 Å². The van der Waals surface area contributed by atoms with Gasteiger partial charge < -0.3 is 10.2 Å². The van der Waals surface area contributed by atoms with Gasteiger partial charge in [0, 0.05) is 38.0 Å². The molecule has 1 saturated carbocycles. The molecule has 4 rings (SSSR count). The van der Waals surface area contributed by atoms with E-state index in [1.165, 1.54) is 12.0 Å². The molecule has 7 nitrogen and oxygen atoms in total. The van der Waals surface area contributed by atoms with E-state index in [2.05, 4.69) is 27.8 Å². The Morgan fingerprint density at radius 3 is 2.78 bits per heavy atom. The van der Waals surface area contributed by atoms with Crippen molar-refractivity contribution in [3.05, 3.63) is 47.8 Å². The fourth-order valence-electron chi connectivity index (χ4n) is 3.67. The summed E-state index contributed by atoms with van der Waals surface area (Å²) in [7, 11) is 0. The van der Waals surface area contributed by atoms with Crippen molar-refractivity contribution in [1.29, 1.82) is 0 Å². The monoisotopic (exact) mass is 367 g/mol. The Balaban J connectivity index is 1.27. The van der Waals surface area contributed by atoms with Crippen molar-refractivity contribution < 1.29 is 9.59 Å². The van der Waals surface area contributed by atoms with E-state index in [4.69, 9.17) is 0 Å². The minimum absolute atomic E-state index is 0.155. The van der Waals surface area contributed by atoms with Gasteiger partial charge in [0.15, 0.2) is 5.69 Å². The molecule has 0 bridgehead atoms. The smallest absolute Gasteiger partial charge is 0.273 e. The molecule has 1 aliphatic carbocycles. The van der Waals surface area contributed by atoms with Gasteiger partial charge >= 0.3 is 0 Å². The molecule has 2 heterocycles. The summed E-state index contributed by atoms with van der Waals surface area (Å²) in [5.74, 6) is 0.245. The fraction of sp³-hybridized carbons (Fsp3) is 0.500. The number of carbonyl (C=O) groups is 2. The fourth-order valence-corrected chi connectivity index (χ4v) is 3.67. The topological polar surface area (TPSA) is 80.1 Å². The zero-order valence-corrected chi connectivity index (χ0v) is 15.4. The summed E-state index contributed by atoms with van der Waals surface area (Å²) in [5.41, 5.74) is 1.60. The molecule has 1 aromatic carbocycles. The Morgan fingerprint density at radius 1 is 1.22 bits per heavy atom. The van der Waals surface area contributed by atoms with E-state index in [1.54, 1.807) is 10.9 Å². The van der Waals surface area contributed by atoms with Crippen LogP contribution in [0.25, 0.3) is 0 Å². The first-order valence-corrected chi connectivity index (χ1v) is 9.70. The standard InChI is InChI=1S/C20H25N5O2/c26-19-11-16(12-24(19)10-9-15-5-2-1-3-6-15)13-25-14-18(22-23-25)20(27)21-17-7-4-8-17/h1-3,5-6,14,16-17H,4,7-13H2,(H,21,27). The summed E-state index contributed by atoms with van der Waals surface area (Å²) < 4.78 is 1.69. The van der Waals surface area contributed by atoms with E-state index in [0.29, 0.717) is 18.7 Å². The first-order valence-electron chi connectivity index (χ1n) is 9.70. The second-order valence-corrected chi connectivity index (χ2v) is 7.57. The Hall–Kier alpha value is -2.70. The van der Waals surface area contributed by atoms with E-state index < -0.39 is 0 Å². The van der Waals surface area contributed by atoms with Gasteiger partial charge in [0.05, 0.1) is 6.20 Å². The van der Waals surface area contributed by atoms with Crippen molar-refractivity contribution in [3.63, 3.8) is 0 Å². The zero-order chi connectivity index (χ0) is 18.6. The van der Waals surface area contributed by atoms with Gasteiger partial charge in [-0.1, -0.05) is 35.5 Å². The lowest BCUT2D eigenvalue weighted by atomic mass is 9.93. The Morgan fingerprint density at radius 2 is 2.04 bits per heavy atom. The van der Waals surface area contributed by atoms with Crippen LogP contribution in [0.1, 0.15) is 41.7 Å². The minimum Gasteiger partial charge on any atom is -0.348 e. The first-order chi connectivity index (χ1) is 13.2. The number of hydrogen-bond acceptors (Lipinski definition) is 4. The van der Waals surface area contributed by atoms with Crippen LogP contribution in [0.2, 0.25) is 0 Å². The maximum Gasteiger partial charge on any atom is 0.273 e. The largest absolute Gasteiger partial charge is 0.348 e. The highest BCUT2D eigenvalue weighted by atomic mass is 16.2. The zero-order valence-electron chi connectivity index (χ0n) is 15.4. The lowest BCUT2D eigenvalue weighted by Gasteiger charge is -2.25. The average molecular weight is 367 g/mol. The molecule has 1 saturated heterocycles. The number of nitrogens with one attached hydrogen (secondary N) is 1. The van der Waals surface area contributed by atoms with Gasteiger partial charge in [0.25, 0.3) is 5.91 Å². The second kappa shape index (κ2) is 7.90. The van der Waals surface area contributed by atoms with Crippen LogP contribution < -0.4 is 5.32 Å². The lowest BCUT2D eigenvalue weighted by molar-refractivity contribution is -0.127. The molecule has 0 spiro atoms. The number of amides is 2. The third-order valence-electron chi connectivity index (χ3n) is 5.46. The lowest BCUT2D eigenvalue weighted by Crippen LogP contribution is -2.39. The summed E-state index contributed by atoms with van der Waals surface area (Å²) in [6.45, 7) is 2.08. The van der Waals surface area contributed by atoms with Crippen molar-refractivity contribution in [2.45, 2.75) is 44.7 Å². The summed E-state index contributed by atoms with van der Waals surface area (Å²) >= 11 is 0. The van der Waals surface area contributed by atoms with Crippen molar-refractivity contribution in [2.75, 3.05) is 13.1 Å². The van der Waals surface area contributed by atoms with Crippen LogP contribution in [0.4, 0.5) is 0 Å². The molecule has 1 N–H and O–H groups in total. The SMILES string of the molecule is O=C(NC1CCC1)c1cn(CC2CC(=O)N(CCc3ccccc3)C2)nn1. The van der Waals surface area contributed by atoms with E-state index in [1.807, 2.05) is 23.1 Å². The summed E-state index contributed by atoms with van der Waals surface area (Å²) in [6.07, 6.45) is 6.34. The van der Waals surface area contributed by atoms with Crippen LogP contribution in [0.3, 0.4) is 0 Å². The number of likely N-dealkylation sites (tertiary alicyclic amines) is 1. The molecule has 1 aliphatic heterocycles. The summed E-state index contributed by atoms with van der Waals surface area (Å²) in [4.78, 5) is 26.3. The quantitative estimate of drug-likeness (QED) is 0.807. The molecule has 7 heteroatoms. The summed E-state index contributed by atoms with van der Waals surface area (Å²) in [5, 5.41) is 11.0. The number of nitrogens with zero attached hydrogens (tertiary/aromatic N) is 4. The molecule has 2 fully saturated rings. The molecule has 27 heavy (non-hydrogen) atoms. The van der Waals surface area contributed by atoms with Gasteiger partial charge in [-0.05, 0) is 31.2 Å². The third-order valence-corrected chi connectivity index (χ3v) is 5.46. The molecule has 1 atom stereocenters. The molecule has 2 amide bonds. The van der Waals surface area contributed by atoms with Crippen LogP contribution in [0.5, 0.6) is 0 Å². The van der Waals surface area contributed by atoms with Gasteiger partial charge in [-0.3, -0.25) is 14.3 Å². The third kappa shape index (κ3) is 4.35. The van der Waals surface area contributed by atoms with Crippen molar-refractivity contribution in [3.8, 4) is 0 Å². The van der Waals surface area contributed by atoms with E-state index in [-0.39, 0.29) is 23.8 Å². The van der Waals surface area contributed by atoms with Crippen molar-refractivity contribution in [1.82, 2.24) is 25.2 Å². The summed E-state index contributed by atoms with van der Waals surface area (Å²) in [6, 6.07) is 10.5. The van der Waals surface area contributed by atoms with Gasteiger partial charge in [-0.2, -0.15) is 0 Å². The Kier molecular flexibility index (Phi) is 5.18. The molecule has 2 aromatic rings. The van der Waals surface area contributed by atoms with E-state index >= 15 is 0 Å². The maximum absolute atomic E-state index is 12.3. The van der Waals surface area contributed by atoms with Crippen molar-refractivity contribution in [2.24, 2.45) is 5.92 Å². The van der Waals surface area contributed by atoms with Crippen LogP contribution in [-0.2, 0) is 17.8 Å². The highest BCUT2D eigenvalue weighted by Crippen LogP contribution is 2.20. The van der Waals surface area contributed by atoms with Crippen LogP contribution in [0, 0.1) is 5.92 Å². The molecular weight excluding hydrogens is 342 g/mol. The van der Waals surface area contributed by atoms with Gasteiger partial charge in [0.2, 0.25) is 5.91 Å².